The fourth-order valence-corrected chi connectivity index (χ4v) is 4.19. The van der Waals surface area contributed by atoms with Gasteiger partial charge in [0.05, 0.1) is 10.4 Å². The molecule has 1 aromatic heterocycles. The van der Waals surface area contributed by atoms with Gasteiger partial charge in [0.2, 0.25) is 0 Å². The average Bonchev–Trinajstić information content (AvgIpc) is 2.59. The van der Waals surface area contributed by atoms with E-state index in [4.69, 9.17) is 16.9 Å². The van der Waals surface area contributed by atoms with Crippen LogP contribution in [-0.2, 0) is 10.0 Å². The Bertz CT molecular complexity index is 540. The summed E-state index contributed by atoms with van der Waals surface area (Å²) in [6, 6.07) is 3.46. The number of aryl methyl sites for hydroxylation is 1. The molecule has 1 N–H and O–H groups in total. The molecule has 0 aromatic carbocycles. The first-order valence-corrected chi connectivity index (χ1v) is 7.63. The van der Waals surface area contributed by atoms with Crippen molar-refractivity contribution in [2.24, 2.45) is 0 Å². The maximum atomic E-state index is 12.0. The quantitative estimate of drug-likeness (QED) is 0.927. The predicted molar refractivity (Wildman–Crippen MR) is 68.7 cm³/mol. The van der Waals surface area contributed by atoms with E-state index < -0.39 is 15.6 Å². The number of halogens is 1. The van der Waals surface area contributed by atoms with Gasteiger partial charge in [-0.2, -0.15) is 9.98 Å². The summed E-state index contributed by atoms with van der Waals surface area (Å²) in [6.07, 6.45) is 0.390. The van der Waals surface area contributed by atoms with Gasteiger partial charge >= 0.3 is 0 Å². The van der Waals surface area contributed by atoms with Crippen LogP contribution in [0.15, 0.2) is 10.3 Å². The Morgan fingerprint density at radius 3 is 2.59 bits per heavy atom. The number of thiophene rings is 1. The lowest BCUT2D eigenvalue weighted by atomic mass is 10.0. The highest BCUT2D eigenvalue weighted by atomic mass is 35.5. The highest BCUT2D eigenvalue weighted by Gasteiger charge is 2.30. The summed E-state index contributed by atoms with van der Waals surface area (Å²) in [5.74, 6) is 0. The number of nitrogens with zero attached hydrogens (tertiary/aromatic N) is 1. The maximum Gasteiger partial charge on any atom is 0.251 e. The minimum Gasteiger partial charge on any atom is -0.206 e. The van der Waals surface area contributed by atoms with Crippen molar-refractivity contribution in [1.29, 1.82) is 5.26 Å². The summed E-state index contributed by atoms with van der Waals surface area (Å²) < 4.78 is 27.0. The number of sulfonamides is 1. The standard InChI is InChI=1S/C10H13ClN2O2S2/c1-4-10(3,6-12)13-17(14,15)8-5-7(2)9(11)16-8/h5,13H,4H2,1-3H3. The molecule has 4 nitrogen and oxygen atoms in total. The molecule has 0 amide bonds. The summed E-state index contributed by atoms with van der Waals surface area (Å²) in [7, 11) is -3.68. The van der Waals surface area contributed by atoms with Crippen LogP contribution in [0.4, 0.5) is 0 Å². The van der Waals surface area contributed by atoms with Crippen LogP contribution in [0.25, 0.3) is 0 Å². The second kappa shape index (κ2) is 4.94. The molecule has 1 rings (SSSR count). The van der Waals surface area contributed by atoms with Crippen LogP contribution in [0.5, 0.6) is 0 Å². The molecule has 17 heavy (non-hydrogen) atoms. The molecular formula is C10H13ClN2O2S2. The van der Waals surface area contributed by atoms with E-state index in [1.807, 2.05) is 6.07 Å². The lowest BCUT2D eigenvalue weighted by Crippen LogP contribution is -2.43. The number of hydrogen-bond acceptors (Lipinski definition) is 4. The zero-order valence-corrected chi connectivity index (χ0v) is 12.1. The maximum absolute atomic E-state index is 12.0. The van der Waals surface area contributed by atoms with Crippen molar-refractivity contribution >= 4 is 33.0 Å². The van der Waals surface area contributed by atoms with Crippen LogP contribution in [0.1, 0.15) is 25.8 Å². The molecule has 0 saturated carbocycles. The predicted octanol–water partition coefficient (Wildman–Crippen LogP) is 2.68. The molecule has 0 aliphatic rings. The van der Waals surface area contributed by atoms with Crippen molar-refractivity contribution in [1.82, 2.24) is 4.72 Å². The van der Waals surface area contributed by atoms with E-state index in [2.05, 4.69) is 4.72 Å². The zero-order valence-electron chi connectivity index (χ0n) is 9.74. The molecule has 1 heterocycles. The van der Waals surface area contributed by atoms with E-state index in [-0.39, 0.29) is 4.21 Å². The SMILES string of the molecule is CCC(C)(C#N)NS(=O)(=O)c1cc(C)c(Cl)s1. The highest BCUT2D eigenvalue weighted by Crippen LogP contribution is 2.30. The van der Waals surface area contributed by atoms with Crippen molar-refractivity contribution in [3.8, 4) is 6.07 Å². The number of nitriles is 1. The van der Waals surface area contributed by atoms with Crippen LogP contribution < -0.4 is 4.72 Å². The molecule has 7 heteroatoms. The smallest absolute Gasteiger partial charge is 0.206 e. The Morgan fingerprint density at radius 2 is 2.24 bits per heavy atom. The van der Waals surface area contributed by atoms with Gasteiger partial charge < -0.3 is 0 Å². The van der Waals surface area contributed by atoms with Crippen LogP contribution in [-0.4, -0.2) is 14.0 Å². The Morgan fingerprint density at radius 1 is 1.65 bits per heavy atom. The fourth-order valence-electron chi connectivity index (χ4n) is 1.09. The topological polar surface area (TPSA) is 70.0 Å². The van der Waals surface area contributed by atoms with Gasteiger partial charge in [0.15, 0.2) is 0 Å². The number of hydrogen-bond donors (Lipinski definition) is 1. The lowest BCUT2D eigenvalue weighted by Gasteiger charge is -2.20. The summed E-state index contributed by atoms with van der Waals surface area (Å²) in [6.45, 7) is 5.03. The molecule has 1 aromatic rings. The minimum atomic E-state index is -3.68. The van der Waals surface area contributed by atoms with Crippen LogP contribution >= 0.6 is 22.9 Å². The summed E-state index contributed by atoms with van der Waals surface area (Å²) in [4.78, 5) is 0. The van der Waals surface area contributed by atoms with Crippen molar-refractivity contribution in [3.05, 3.63) is 16.0 Å². The largest absolute Gasteiger partial charge is 0.251 e. The van der Waals surface area contributed by atoms with E-state index in [0.717, 1.165) is 11.3 Å². The second-order valence-electron chi connectivity index (χ2n) is 3.93. The molecule has 0 spiro atoms. The van der Waals surface area contributed by atoms with Gasteiger partial charge in [-0.1, -0.05) is 18.5 Å². The third kappa shape index (κ3) is 3.19. The van der Waals surface area contributed by atoms with Crippen LogP contribution in [0.2, 0.25) is 4.34 Å². The summed E-state index contributed by atoms with van der Waals surface area (Å²) in [5, 5.41) is 8.96. The van der Waals surface area contributed by atoms with E-state index in [0.29, 0.717) is 16.3 Å². The van der Waals surface area contributed by atoms with Crippen LogP contribution in [0, 0.1) is 18.3 Å². The molecule has 0 radical (unpaired) electrons. The average molecular weight is 293 g/mol. The number of nitrogens with one attached hydrogen (secondary N) is 1. The Kier molecular flexibility index (Phi) is 4.20. The summed E-state index contributed by atoms with van der Waals surface area (Å²) in [5.41, 5.74) is -0.379. The molecule has 94 valence electrons. The first kappa shape index (κ1) is 14.5. The zero-order chi connectivity index (χ0) is 13.3. The molecule has 0 aliphatic heterocycles. The Labute approximate surface area is 110 Å². The molecule has 1 unspecified atom stereocenters. The third-order valence-corrected chi connectivity index (χ3v) is 6.04. The highest BCUT2D eigenvalue weighted by molar-refractivity contribution is 7.91. The van der Waals surface area contributed by atoms with E-state index in [1.165, 1.54) is 6.07 Å². The molecular weight excluding hydrogens is 280 g/mol. The van der Waals surface area contributed by atoms with Gasteiger partial charge in [-0.15, -0.1) is 11.3 Å². The van der Waals surface area contributed by atoms with E-state index in [9.17, 15) is 8.42 Å². The Hall–Kier alpha value is -0.610. The van der Waals surface area contributed by atoms with Gasteiger partial charge in [-0.05, 0) is 31.9 Å². The van der Waals surface area contributed by atoms with Crippen molar-refractivity contribution in [3.63, 3.8) is 0 Å². The van der Waals surface area contributed by atoms with E-state index in [1.54, 1.807) is 20.8 Å². The molecule has 0 aliphatic carbocycles. The second-order valence-corrected chi connectivity index (χ2v) is 7.49. The first-order valence-electron chi connectivity index (χ1n) is 4.95. The van der Waals surface area contributed by atoms with Crippen molar-refractivity contribution in [2.45, 2.75) is 36.9 Å². The van der Waals surface area contributed by atoms with Gasteiger partial charge in [-0.25, -0.2) is 8.42 Å². The first-order chi connectivity index (χ1) is 7.74. The molecule has 0 bridgehead atoms. The number of rotatable bonds is 4. The minimum absolute atomic E-state index is 0.134. The van der Waals surface area contributed by atoms with Crippen molar-refractivity contribution in [2.75, 3.05) is 0 Å². The van der Waals surface area contributed by atoms with Crippen LogP contribution in [0.3, 0.4) is 0 Å². The fraction of sp³-hybridized carbons (Fsp3) is 0.500. The Balaban J connectivity index is 3.10. The van der Waals surface area contributed by atoms with Gasteiger partial charge in [0, 0.05) is 0 Å². The molecule has 1 atom stereocenters. The molecule has 0 fully saturated rings. The lowest BCUT2D eigenvalue weighted by molar-refractivity contribution is 0.496. The van der Waals surface area contributed by atoms with Gasteiger partial charge in [0.25, 0.3) is 10.0 Å². The van der Waals surface area contributed by atoms with Gasteiger partial charge in [0.1, 0.15) is 9.75 Å². The monoisotopic (exact) mass is 292 g/mol. The normalized spacial score (nSPS) is 15.2. The van der Waals surface area contributed by atoms with Gasteiger partial charge in [-0.3, -0.25) is 0 Å². The summed E-state index contributed by atoms with van der Waals surface area (Å²) >= 11 is 6.82. The molecule has 0 saturated heterocycles. The van der Waals surface area contributed by atoms with E-state index >= 15 is 0 Å². The van der Waals surface area contributed by atoms with Crippen molar-refractivity contribution < 1.29 is 8.42 Å². The third-order valence-electron chi connectivity index (χ3n) is 2.41.